The van der Waals surface area contributed by atoms with Crippen molar-refractivity contribution in [1.29, 1.82) is 0 Å². The van der Waals surface area contributed by atoms with Crippen LogP contribution in [0.25, 0.3) is 11.1 Å². The normalized spacial score (nSPS) is 15.4. The molecule has 1 aliphatic rings. The molecule has 0 aliphatic carbocycles. The van der Waals surface area contributed by atoms with Crippen molar-refractivity contribution in [3.8, 4) is 16.9 Å². The first-order valence-electron chi connectivity index (χ1n) is 9.62. The van der Waals surface area contributed by atoms with Crippen molar-refractivity contribution in [3.05, 3.63) is 78.3 Å². The largest absolute Gasteiger partial charge is 0.508 e. The number of rotatable bonds is 5. The smallest absolute Gasteiger partial charge is 0.251 e. The number of benzene rings is 2. The third-order valence-electron chi connectivity index (χ3n) is 5.21. The van der Waals surface area contributed by atoms with E-state index in [1.54, 1.807) is 18.4 Å². The number of hydrogen-bond donors (Lipinski definition) is 2. The predicted molar refractivity (Wildman–Crippen MR) is 108 cm³/mol. The molecular weight excluding hydrogens is 352 g/mol. The quantitative estimate of drug-likeness (QED) is 0.705. The zero-order valence-corrected chi connectivity index (χ0v) is 15.7. The average Bonchev–Trinajstić information content (AvgIpc) is 3.23. The fourth-order valence-electron chi connectivity index (χ4n) is 3.62. The molecule has 1 fully saturated rings. The summed E-state index contributed by atoms with van der Waals surface area (Å²) in [5.74, 6) is 1.18. The highest BCUT2D eigenvalue weighted by Crippen LogP contribution is 2.23. The third-order valence-corrected chi connectivity index (χ3v) is 5.21. The van der Waals surface area contributed by atoms with Gasteiger partial charge < -0.3 is 14.8 Å². The van der Waals surface area contributed by atoms with Crippen LogP contribution in [0.3, 0.4) is 0 Å². The summed E-state index contributed by atoms with van der Waals surface area (Å²) < 4.78 is 5.41. The van der Waals surface area contributed by atoms with Crippen LogP contribution in [0.15, 0.2) is 71.3 Å². The van der Waals surface area contributed by atoms with Gasteiger partial charge in [-0.3, -0.25) is 9.69 Å². The Morgan fingerprint density at radius 1 is 1.04 bits per heavy atom. The number of furan rings is 1. The van der Waals surface area contributed by atoms with Crippen LogP contribution in [-0.4, -0.2) is 35.0 Å². The van der Waals surface area contributed by atoms with Gasteiger partial charge in [-0.2, -0.15) is 0 Å². The molecule has 1 aliphatic heterocycles. The molecule has 0 bridgehead atoms. The van der Waals surface area contributed by atoms with E-state index < -0.39 is 0 Å². The monoisotopic (exact) mass is 376 g/mol. The number of likely N-dealkylation sites (tertiary alicyclic amines) is 1. The average molecular weight is 376 g/mol. The van der Waals surface area contributed by atoms with Gasteiger partial charge >= 0.3 is 0 Å². The first kappa shape index (κ1) is 18.3. The predicted octanol–water partition coefficient (Wildman–Crippen LogP) is 4.05. The van der Waals surface area contributed by atoms with Crippen molar-refractivity contribution in [1.82, 2.24) is 10.2 Å². The lowest BCUT2D eigenvalue weighted by Crippen LogP contribution is -2.44. The molecule has 0 saturated carbocycles. The van der Waals surface area contributed by atoms with Crippen molar-refractivity contribution in [2.24, 2.45) is 0 Å². The van der Waals surface area contributed by atoms with Crippen molar-refractivity contribution in [2.45, 2.75) is 25.4 Å². The Kier molecular flexibility index (Phi) is 5.44. The van der Waals surface area contributed by atoms with E-state index in [1.807, 2.05) is 48.5 Å². The van der Waals surface area contributed by atoms with Gasteiger partial charge in [0.25, 0.3) is 5.91 Å². The summed E-state index contributed by atoms with van der Waals surface area (Å²) in [5, 5.41) is 12.6. The number of phenols is 1. The Balaban J connectivity index is 1.34. The second-order valence-electron chi connectivity index (χ2n) is 7.23. The second-order valence-corrected chi connectivity index (χ2v) is 7.23. The Morgan fingerprint density at radius 2 is 1.82 bits per heavy atom. The first-order chi connectivity index (χ1) is 13.7. The van der Waals surface area contributed by atoms with Gasteiger partial charge in [-0.05, 0) is 60.4 Å². The summed E-state index contributed by atoms with van der Waals surface area (Å²) in [6.07, 6.45) is 3.57. The molecule has 0 unspecified atom stereocenters. The van der Waals surface area contributed by atoms with Crippen LogP contribution in [0.4, 0.5) is 0 Å². The Hall–Kier alpha value is -3.05. The molecule has 3 aromatic rings. The maximum absolute atomic E-state index is 12.7. The number of hydrogen-bond acceptors (Lipinski definition) is 4. The third kappa shape index (κ3) is 4.43. The number of aromatic hydroxyl groups is 1. The van der Waals surface area contributed by atoms with E-state index in [9.17, 15) is 9.90 Å². The van der Waals surface area contributed by atoms with Crippen LogP contribution in [-0.2, 0) is 6.54 Å². The van der Waals surface area contributed by atoms with Gasteiger partial charge in [-0.15, -0.1) is 0 Å². The lowest BCUT2D eigenvalue weighted by molar-refractivity contribution is 0.0906. The fourth-order valence-corrected chi connectivity index (χ4v) is 3.62. The van der Waals surface area contributed by atoms with Crippen LogP contribution >= 0.6 is 0 Å². The molecule has 5 heteroatoms. The number of carbonyl (C=O) groups excluding carboxylic acids is 1. The van der Waals surface area contributed by atoms with E-state index >= 15 is 0 Å². The van der Waals surface area contributed by atoms with Gasteiger partial charge in [0.05, 0.1) is 12.8 Å². The van der Waals surface area contributed by atoms with Gasteiger partial charge in [0.15, 0.2) is 0 Å². The molecule has 2 heterocycles. The lowest BCUT2D eigenvalue weighted by atomic mass is 10.0. The van der Waals surface area contributed by atoms with Crippen LogP contribution in [0, 0.1) is 0 Å². The zero-order chi connectivity index (χ0) is 19.3. The number of nitrogens with zero attached hydrogens (tertiary/aromatic N) is 1. The lowest BCUT2D eigenvalue weighted by Gasteiger charge is -2.31. The standard InChI is InChI=1S/C23H24N2O3/c26-21-8-6-17(7-9-21)18-3-1-4-19(15-18)23(27)24-20-10-12-25(13-11-20)16-22-5-2-14-28-22/h1-9,14-15,20,26H,10-13,16H2,(H,24,27). The van der Waals surface area contributed by atoms with Crippen molar-refractivity contribution < 1.29 is 14.3 Å². The molecule has 4 rings (SSSR count). The molecule has 2 N–H and O–H groups in total. The molecular formula is C23H24N2O3. The van der Waals surface area contributed by atoms with Gasteiger partial charge in [0, 0.05) is 24.7 Å². The van der Waals surface area contributed by atoms with E-state index in [0.717, 1.165) is 49.4 Å². The van der Waals surface area contributed by atoms with Crippen LogP contribution in [0.1, 0.15) is 29.0 Å². The van der Waals surface area contributed by atoms with E-state index in [-0.39, 0.29) is 17.7 Å². The topological polar surface area (TPSA) is 65.7 Å². The first-order valence-corrected chi connectivity index (χ1v) is 9.62. The zero-order valence-electron chi connectivity index (χ0n) is 15.7. The number of phenolic OH excluding ortho intramolecular Hbond substituents is 1. The number of amides is 1. The molecule has 144 valence electrons. The van der Waals surface area contributed by atoms with E-state index in [2.05, 4.69) is 10.2 Å². The summed E-state index contributed by atoms with van der Waals surface area (Å²) in [6, 6.07) is 18.7. The highest BCUT2D eigenvalue weighted by atomic mass is 16.3. The van der Waals surface area contributed by atoms with E-state index in [1.165, 1.54) is 0 Å². The maximum atomic E-state index is 12.7. The Labute approximate surface area is 164 Å². The SMILES string of the molecule is O=C(NC1CCN(Cc2ccco2)CC1)c1cccc(-c2ccc(O)cc2)c1. The molecule has 2 aromatic carbocycles. The minimum Gasteiger partial charge on any atom is -0.508 e. The molecule has 1 saturated heterocycles. The summed E-state index contributed by atoms with van der Waals surface area (Å²) in [6.45, 7) is 2.71. The minimum atomic E-state index is -0.0369. The number of piperidine rings is 1. The number of nitrogens with one attached hydrogen (secondary N) is 1. The summed E-state index contributed by atoms with van der Waals surface area (Å²) >= 11 is 0. The van der Waals surface area contributed by atoms with Gasteiger partial charge in [-0.25, -0.2) is 0 Å². The molecule has 0 radical (unpaired) electrons. The number of carbonyl (C=O) groups is 1. The van der Waals surface area contributed by atoms with E-state index in [0.29, 0.717) is 5.56 Å². The molecule has 1 aromatic heterocycles. The maximum Gasteiger partial charge on any atom is 0.251 e. The molecule has 0 atom stereocenters. The summed E-state index contributed by atoms with van der Waals surface area (Å²) in [7, 11) is 0. The highest BCUT2D eigenvalue weighted by Gasteiger charge is 2.21. The van der Waals surface area contributed by atoms with Crippen LogP contribution < -0.4 is 5.32 Å². The summed E-state index contributed by atoms with van der Waals surface area (Å²) in [5.41, 5.74) is 2.59. The Morgan fingerprint density at radius 3 is 2.54 bits per heavy atom. The van der Waals surface area contributed by atoms with Gasteiger partial charge in [0.1, 0.15) is 11.5 Å². The highest BCUT2D eigenvalue weighted by molar-refractivity contribution is 5.95. The van der Waals surface area contributed by atoms with Crippen LogP contribution in [0.2, 0.25) is 0 Å². The molecule has 1 amide bonds. The molecule has 28 heavy (non-hydrogen) atoms. The summed E-state index contributed by atoms with van der Waals surface area (Å²) in [4.78, 5) is 15.1. The van der Waals surface area contributed by atoms with Crippen molar-refractivity contribution in [3.63, 3.8) is 0 Å². The van der Waals surface area contributed by atoms with Crippen molar-refractivity contribution in [2.75, 3.05) is 13.1 Å². The van der Waals surface area contributed by atoms with Crippen molar-refractivity contribution >= 4 is 5.91 Å². The van der Waals surface area contributed by atoms with E-state index in [4.69, 9.17) is 4.42 Å². The molecule has 0 spiro atoms. The Bertz CT molecular complexity index is 911. The van der Waals surface area contributed by atoms with Crippen LogP contribution in [0.5, 0.6) is 5.75 Å². The van der Waals surface area contributed by atoms with Gasteiger partial charge in [-0.1, -0.05) is 24.3 Å². The fraction of sp³-hybridized carbons (Fsp3) is 0.261. The molecule has 5 nitrogen and oxygen atoms in total. The second kappa shape index (κ2) is 8.31. The van der Waals surface area contributed by atoms with Gasteiger partial charge in [0.2, 0.25) is 0 Å². The minimum absolute atomic E-state index is 0.0369.